The van der Waals surface area contributed by atoms with Crippen molar-refractivity contribution in [2.24, 2.45) is 0 Å². The van der Waals surface area contributed by atoms with Crippen molar-refractivity contribution in [1.82, 2.24) is 15.1 Å². The van der Waals surface area contributed by atoms with Gasteiger partial charge in [-0.2, -0.15) is 0 Å². The summed E-state index contributed by atoms with van der Waals surface area (Å²) >= 11 is 0. The van der Waals surface area contributed by atoms with Gasteiger partial charge in [0, 0.05) is 13.0 Å². The van der Waals surface area contributed by atoms with Crippen LogP contribution in [0.2, 0.25) is 0 Å². The molecule has 1 N–H and O–H groups in total. The topological polar surface area (TPSA) is 79.0 Å². The molecule has 3 amide bonds. The molecule has 3 fully saturated rings. The molecule has 1 aliphatic carbocycles. The number of morpholine rings is 1. The molecule has 2 aromatic carbocycles. The zero-order chi connectivity index (χ0) is 25.2. The van der Waals surface area contributed by atoms with Gasteiger partial charge in [-0.15, -0.1) is 0 Å². The number of hydrogen-bond donors (Lipinski definition) is 1. The summed E-state index contributed by atoms with van der Waals surface area (Å²) in [7, 11) is 0. The fourth-order valence-electron chi connectivity index (χ4n) is 4.97. The number of ether oxygens (including phenoxy) is 1. The summed E-state index contributed by atoms with van der Waals surface area (Å²) in [5.41, 5.74) is 2.00. The Labute approximate surface area is 208 Å². The monoisotopic (exact) mass is 497 g/mol. The van der Waals surface area contributed by atoms with Crippen molar-refractivity contribution in [1.29, 1.82) is 0 Å². The van der Waals surface area contributed by atoms with Crippen LogP contribution in [0.4, 0.5) is 8.78 Å². The van der Waals surface area contributed by atoms with Gasteiger partial charge in [-0.05, 0) is 41.5 Å². The van der Waals surface area contributed by atoms with Crippen LogP contribution in [-0.4, -0.2) is 72.6 Å². The molecule has 190 valence electrons. The largest absolute Gasteiger partial charge is 0.370 e. The van der Waals surface area contributed by atoms with Crippen LogP contribution in [0.5, 0.6) is 0 Å². The molecular weight excluding hydrogens is 468 g/mol. The van der Waals surface area contributed by atoms with Crippen LogP contribution in [0.1, 0.15) is 47.9 Å². The average Bonchev–Trinajstić information content (AvgIpc) is 3.64. The van der Waals surface area contributed by atoms with Crippen LogP contribution < -0.4 is 5.32 Å². The van der Waals surface area contributed by atoms with Crippen molar-refractivity contribution >= 4 is 17.7 Å². The highest BCUT2D eigenvalue weighted by Gasteiger charge is 2.41. The first-order valence-corrected chi connectivity index (χ1v) is 12.3. The van der Waals surface area contributed by atoms with Gasteiger partial charge >= 0.3 is 0 Å². The maximum atomic E-state index is 14.9. The van der Waals surface area contributed by atoms with Crippen molar-refractivity contribution in [3.05, 3.63) is 71.0 Å². The fraction of sp³-hybridized carbons (Fsp3) is 0.444. The third-order valence-corrected chi connectivity index (χ3v) is 7.08. The predicted molar refractivity (Wildman–Crippen MR) is 127 cm³/mol. The van der Waals surface area contributed by atoms with E-state index in [0.29, 0.717) is 17.7 Å². The van der Waals surface area contributed by atoms with Crippen LogP contribution in [-0.2, 0) is 19.1 Å². The van der Waals surface area contributed by atoms with Gasteiger partial charge in [-0.3, -0.25) is 14.4 Å². The lowest BCUT2D eigenvalue weighted by atomic mass is 9.96. The van der Waals surface area contributed by atoms with Crippen molar-refractivity contribution < 1.29 is 27.9 Å². The molecular formula is C27H29F2N3O4. The van der Waals surface area contributed by atoms with Crippen molar-refractivity contribution in [3.8, 4) is 0 Å². The van der Waals surface area contributed by atoms with Crippen LogP contribution in [0.15, 0.2) is 48.5 Å². The molecule has 2 heterocycles. The molecule has 3 atom stereocenters. The fourth-order valence-corrected chi connectivity index (χ4v) is 4.97. The number of halogens is 2. The van der Waals surface area contributed by atoms with Gasteiger partial charge < -0.3 is 19.9 Å². The van der Waals surface area contributed by atoms with E-state index in [2.05, 4.69) is 5.32 Å². The smallest absolute Gasteiger partial charge is 0.249 e. The van der Waals surface area contributed by atoms with E-state index in [1.807, 2.05) is 36.4 Å². The van der Waals surface area contributed by atoms with E-state index in [1.54, 1.807) is 6.07 Å². The van der Waals surface area contributed by atoms with Gasteiger partial charge in [0.05, 0.1) is 25.7 Å². The lowest BCUT2D eigenvalue weighted by molar-refractivity contribution is -0.149. The third kappa shape index (κ3) is 5.26. The lowest BCUT2D eigenvalue weighted by Gasteiger charge is -2.31. The Bertz CT molecular complexity index is 1140. The minimum Gasteiger partial charge on any atom is -0.370 e. The van der Waals surface area contributed by atoms with Crippen LogP contribution in [0, 0.1) is 5.82 Å². The Morgan fingerprint density at radius 2 is 1.89 bits per heavy atom. The second-order valence-electron chi connectivity index (χ2n) is 9.67. The first kappa shape index (κ1) is 24.4. The minimum absolute atomic E-state index is 0.0994. The molecule has 0 spiro atoms. The molecule has 5 rings (SSSR count). The molecule has 2 aromatic rings. The van der Waals surface area contributed by atoms with Gasteiger partial charge in [0.25, 0.3) is 0 Å². The summed E-state index contributed by atoms with van der Waals surface area (Å²) in [5, 5.41) is 2.93. The molecule has 9 heteroatoms. The van der Waals surface area contributed by atoms with Gasteiger partial charge in [-0.1, -0.05) is 42.5 Å². The molecule has 1 saturated carbocycles. The maximum absolute atomic E-state index is 14.9. The highest BCUT2D eigenvalue weighted by molar-refractivity contribution is 5.91. The summed E-state index contributed by atoms with van der Waals surface area (Å²) in [4.78, 5) is 41.0. The number of likely N-dealkylation sites (tertiary alicyclic amines) is 1. The number of nitrogens with one attached hydrogen (secondary N) is 1. The zero-order valence-corrected chi connectivity index (χ0v) is 19.9. The number of carbonyl (C=O) groups is 3. The number of carbonyl (C=O) groups excluding carboxylic acids is 3. The summed E-state index contributed by atoms with van der Waals surface area (Å²) in [6.45, 7) is 0.0545. The highest BCUT2D eigenvalue weighted by atomic mass is 19.1. The maximum Gasteiger partial charge on any atom is 0.249 e. The standard InChI is InChI=1S/C27H29F2N3O4/c28-20-13-23(32(14-20)24(33)15-31-10-11-36-16-25(31)34)27(35)30-26(18-4-2-1-3-5-18)19-8-9-21(17-6-7-17)22(29)12-19/h1-5,8-9,12,17,20,23,26H,6-7,10-11,13-16H2,(H,30,35)/t20-,23+,26+/m1/s1. The number of hydrogen-bond acceptors (Lipinski definition) is 4. The third-order valence-electron chi connectivity index (χ3n) is 7.08. The van der Waals surface area contributed by atoms with E-state index in [4.69, 9.17) is 4.74 Å². The number of amides is 3. The molecule has 2 aliphatic heterocycles. The SMILES string of the molecule is O=C(N[C@@H](c1ccccc1)c1ccc(C2CC2)c(F)c1)[C@@H]1C[C@@H](F)CN1C(=O)CN1CCOCC1=O. The second-order valence-corrected chi connectivity index (χ2v) is 9.67. The lowest BCUT2D eigenvalue weighted by Crippen LogP contribution is -2.52. The number of nitrogens with zero attached hydrogens (tertiary/aromatic N) is 2. The van der Waals surface area contributed by atoms with Gasteiger partial charge in [0.1, 0.15) is 24.6 Å². The van der Waals surface area contributed by atoms with Gasteiger partial charge in [0.15, 0.2) is 0 Å². The number of alkyl halides is 1. The molecule has 0 unspecified atom stereocenters. The Hall–Kier alpha value is -3.33. The summed E-state index contributed by atoms with van der Waals surface area (Å²) in [5.74, 6) is -1.37. The van der Waals surface area contributed by atoms with Crippen molar-refractivity contribution in [2.75, 3.05) is 32.8 Å². The van der Waals surface area contributed by atoms with Crippen molar-refractivity contribution in [2.45, 2.75) is 43.4 Å². The molecule has 2 saturated heterocycles. The Kier molecular flexibility index (Phi) is 7.00. The number of rotatable bonds is 7. The molecule has 36 heavy (non-hydrogen) atoms. The molecule has 3 aliphatic rings. The van der Waals surface area contributed by atoms with E-state index in [0.717, 1.165) is 18.4 Å². The Morgan fingerprint density at radius 3 is 2.58 bits per heavy atom. The van der Waals surface area contributed by atoms with E-state index < -0.39 is 30.1 Å². The molecule has 0 radical (unpaired) electrons. The first-order chi connectivity index (χ1) is 17.4. The Morgan fingerprint density at radius 1 is 1.11 bits per heavy atom. The molecule has 0 aromatic heterocycles. The van der Waals surface area contributed by atoms with E-state index in [9.17, 15) is 23.2 Å². The Balaban J connectivity index is 1.35. The summed E-state index contributed by atoms with van der Waals surface area (Å²) in [6.07, 6.45) is 0.461. The minimum atomic E-state index is -1.35. The predicted octanol–water partition coefficient (Wildman–Crippen LogP) is 2.71. The van der Waals surface area contributed by atoms with Crippen LogP contribution in [0.3, 0.4) is 0 Å². The average molecular weight is 498 g/mol. The summed E-state index contributed by atoms with van der Waals surface area (Å²) in [6, 6.07) is 12.5. The quantitative estimate of drug-likeness (QED) is 0.638. The van der Waals surface area contributed by atoms with Crippen molar-refractivity contribution in [3.63, 3.8) is 0 Å². The highest BCUT2D eigenvalue weighted by Crippen LogP contribution is 2.42. The first-order valence-electron chi connectivity index (χ1n) is 12.3. The van der Waals surface area contributed by atoms with E-state index in [-0.39, 0.29) is 50.3 Å². The van der Waals surface area contributed by atoms with Crippen LogP contribution >= 0.6 is 0 Å². The van der Waals surface area contributed by atoms with Gasteiger partial charge in [0.2, 0.25) is 17.7 Å². The van der Waals surface area contributed by atoms with Crippen LogP contribution in [0.25, 0.3) is 0 Å². The normalized spacial score (nSPS) is 23.0. The second kappa shape index (κ2) is 10.3. The van der Waals surface area contributed by atoms with Gasteiger partial charge in [-0.25, -0.2) is 8.78 Å². The molecule has 7 nitrogen and oxygen atoms in total. The molecule has 0 bridgehead atoms. The summed E-state index contributed by atoms with van der Waals surface area (Å²) < 4.78 is 34.4. The van der Waals surface area contributed by atoms with E-state index >= 15 is 0 Å². The number of benzene rings is 2. The zero-order valence-electron chi connectivity index (χ0n) is 19.9. The van der Waals surface area contributed by atoms with E-state index in [1.165, 1.54) is 15.9 Å².